The third kappa shape index (κ3) is 8.37. The van der Waals surface area contributed by atoms with Crippen molar-refractivity contribution < 1.29 is 28.6 Å². The Morgan fingerprint density at radius 1 is 1.12 bits per heavy atom. The van der Waals surface area contributed by atoms with Crippen LogP contribution in [-0.4, -0.2) is 44.3 Å². The molecule has 0 fully saturated rings. The van der Waals surface area contributed by atoms with Gasteiger partial charge in [-0.2, -0.15) is 5.10 Å². The van der Waals surface area contributed by atoms with Crippen LogP contribution in [0.4, 0.5) is 5.69 Å². The Balaban J connectivity index is 1.94. The van der Waals surface area contributed by atoms with Gasteiger partial charge in [-0.05, 0) is 72.7 Å². The van der Waals surface area contributed by atoms with Crippen LogP contribution in [0.1, 0.15) is 30.0 Å². The molecule has 2 amide bonds. The van der Waals surface area contributed by atoms with E-state index in [1.807, 2.05) is 48.6 Å². The molecule has 0 radical (unpaired) electrons. The molecular weight excluding hydrogens is 541 g/mol. The molecule has 0 heterocycles. The predicted molar refractivity (Wildman–Crippen MR) is 133 cm³/mol. The zero-order chi connectivity index (χ0) is 24.4. The van der Waals surface area contributed by atoms with Crippen molar-refractivity contribution in [2.75, 3.05) is 25.6 Å². The van der Waals surface area contributed by atoms with Gasteiger partial charge in [0.2, 0.25) is 11.8 Å². The molecule has 2 N–H and O–H groups in total. The lowest BCUT2D eigenvalue weighted by atomic mass is 10.1. The van der Waals surface area contributed by atoms with Crippen LogP contribution in [0.5, 0.6) is 11.5 Å². The summed E-state index contributed by atoms with van der Waals surface area (Å²) in [6, 6.07) is 9.02. The second-order valence-electron chi connectivity index (χ2n) is 6.96. The van der Waals surface area contributed by atoms with Gasteiger partial charge in [-0.1, -0.05) is 17.7 Å². The Hall–Kier alpha value is -3.15. The number of methoxy groups -OCH3 is 1. The molecule has 2 rings (SSSR count). The summed E-state index contributed by atoms with van der Waals surface area (Å²) in [5.74, 6) is -0.675. The van der Waals surface area contributed by atoms with Crippen molar-refractivity contribution in [3.63, 3.8) is 0 Å². The number of halogens is 1. The van der Waals surface area contributed by atoms with Gasteiger partial charge >= 0.3 is 5.97 Å². The van der Waals surface area contributed by atoms with Crippen LogP contribution in [0.3, 0.4) is 0 Å². The smallest absolute Gasteiger partial charge is 0.344 e. The van der Waals surface area contributed by atoms with Crippen LogP contribution in [0.2, 0.25) is 0 Å². The molecule has 0 aliphatic carbocycles. The highest BCUT2D eigenvalue weighted by Crippen LogP contribution is 2.33. The van der Waals surface area contributed by atoms with Crippen molar-refractivity contribution in [1.82, 2.24) is 5.43 Å². The van der Waals surface area contributed by atoms with Gasteiger partial charge in [-0.15, -0.1) is 0 Å². The Morgan fingerprint density at radius 2 is 1.88 bits per heavy atom. The Morgan fingerprint density at radius 3 is 2.55 bits per heavy atom. The van der Waals surface area contributed by atoms with Crippen LogP contribution in [0.15, 0.2) is 35.4 Å². The topological polar surface area (TPSA) is 115 Å². The monoisotopic (exact) mass is 567 g/mol. The summed E-state index contributed by atoms with van der Waals surface area (Å²) in [5.41, 5.74) is 5.62. The van der Waals surface area contributed by atoms with Crippen molar-refractivity contribution >= 4 is 52.3 Å². The number of aryl methyl sites for hydroxylation is 2. The molecule has 0 saturated heterocycles. The zero-order valence-corrected chi connectivity index (χ0v) is 21.0. The van der Waals surface area contributed by atoms with Gasteiger partial charge in [0, 0.05) is 5.69 Å². The maximum absolute atomic E-state index is 12.1. The van der Waals surface area contributed by atoms with Gasteiger partial charge in [0.15, 0.2) is 18.1 Å². The molecule has 0 aromatic heterocycles. The molecule has 176 valence electrons. The number of hydrogen-bond donors (Lipinski definition) is 2. The highest BCUT2D eigenvalue weighted by molar-refractivity contribution is 14.1. The number of rotatable bonds is 10. The fourth-order valence-electron chi connectivity index (χ4n) is 2.80. The summed E-state index contributed by atoms with van der Waals surface area (Å²) in [6.07, 6.45) is 1.05. The molecule has 0 bridgehead atoms. The summed E-state index contributed by atoms with van der Waals surface area (Å²) >= 11 is 2.04. The van der Waals surface area contributed by atoms with E-state index in [9.17, 15) is 14.4 Å². The molecule has 0 atom stereocenters. The summed E-state index contributed by atoms with van der Waals surface area (Å²) in [5, 5.41) is 6.61. The molecule has 2 aromatic carbocycles. The second-order valence-corrected chi connectivity index (χ2v) is 8.13. The molecule has 10 heteroatoms. The lowest BCUT2D eigenvalue weighted by molar-refractivity contribution is -0.145. The average molecular weight is 567 g/mol. The first-order valence-corrected chi connectivity index (χ1v) is 11.2. The quantitative estimate of drug-likeness (QED) is 0.150. The number of nitrogens with one attached hydrogen (secondary N) is 2. The van der Waals surface area contributed by atoms with Crippen LogP contribution < -0.4 is 20.2 Å². The van der Waals surface area contributed by atoms with Crippen LogP contribution in [-0.2, 0) is 19.1 Å². The SMILES string of the molecule is CCOC(=O)COc1c(I)cc(C=NNC(=O)CC(=O)Nc2ccc(C)cc2C)cc1OC. The van der Waals surface area contributed by atoms with E-state index in [1.165, 1.54) is 13.3 Å². The number of amides is 2. The van der Waals surface area contributed by atoms with Crippen molar-refractivity contribution in [3.8, 4) is 11.5 Å². The fraction of sp³-hybridized carbons (Fsp3) is 0.304. The van der Waals surface area contributed by atoms with Gasteiger partial charge < -0.3 is 19.5 Å². The zero-order valence-electron chi connectivity index (χ0n) is 18.9. The minimum absolute atomic E-state index is 0.242. The third-order valence-corrected chi connectivity index (χ3v) is 5.07. The number of carbonyl (C=O) groups excluding carboxylic acids is 3. The third-order valence-electron chi connectivity index (χ3n) is 4.27. The van der Waals surface area contributed by atoms with Crippen LogP contribution in [0, 0.1) is 17.4 Å². The molecule has 0 spiro atoms. The average Bonchev–Trinajstić information content (AvgIpc) is 2.74. The summed E-state index contributed by atoms with van der Waals surface area (Å²) < 4.78 is 16.4. The van der Waals surface area contributed by atoms with E-state index >= 15 is 0 Å². The minimum Gasteiger partial charge on any atom is -0.493 e. The predicted octanol–water partition coefficient (Wildman–Crippen LogP) is 3.34. The van der Waals surface area contributed by atoms with Crippen molar-refractivity contribution in [1.29, 1.82) is 0 Å². The highest BCUT2D eigenvalue weighted by Gasteiger charge is 2.14. The number of ether oxygens (including phenoxy) is 3. The van der Waals surface area contributed by atoms with Gasteiger partial charge in [-0.3, -0.25) is 9.59 Å². The lowest BCUT2D eigenvalue weighted by Gasteiger charge is -2.13. The van der Waals surface area contributed by atoms with Crippen molar-refractivity contribution in [2.45, 2.75) is 27.2 Å². The largest absolute Gasteiger partial charge is 0.493 e. The standard InChI is InChI=1S/C23H26IN3O6/c1-5-32-22(30)13-33-23-17(24)9-16(10-19(23)31-4)12-25-27-21(29)11-20(28)26-18-7-6-14(2)8-15(18)3/h6-10,12H,5,11,13H2,1-4H3,(H,26,28)(H,27,29). The van der Waals surface area contributed by atoms with E-state index in [-0.39, 0.29) is 19.6 Å². The molecular formula is C23H26IN3O6. The van der Waals surface area contributed by atoms with Crippen molar-refractivity contribution in [3.05, 3.63) is 50.6 Å². The van der Waals surface area contributed by atoms with Crippen LogP contribution >= 0.6 is 22.6 Å². The van der Waals surface area contributed by atoms with E-state index in [1.54, 1.807) is 25.1 Å². The van der Waals surface area contributed by atoms with Gasteiger partial charge in [0.1, 0.15) is 6.42 Å². The Kier molecular flexibility index (Phi) is 10.1. The minimum atomic E-state index is -0.551. The summed E-state index contributed by atoms with van der Waals surface area (Å²) in [7, 11) is 1.47. The molecule has 0 aliphatic rings. The molecule has 9 nitrogen and oxygen atoms in total. The van der Waals surface area contributed by atoms with Gasteiger partial charge in [0.05, 0.1) is 23.5 Å². The number of hydrogen-bond acceptors (Lipinski definition) is 7. The number of carbonyl (C=O) groups is 3. The van der Waals surface area contributed by atoms with Crippen molar-refractivity contribution in [2.24, 2.45) is 5.10 Å². The Bertz CT molecular complexity index is 1050. The molecule has 2 aromatic rings. The first-order chi connectivity index (χ1) is 15.7. The van der Waals surface area contributed by atoms with Crippen LogP contribution in [0.25, 0.3) is 0 Å². The van der Waals surface area contributed by atoms with Gasteiger partial charge in [0.25, 0.3) is 0 Å². The van der Waals surface area contributed by atoms with E-state index in [4.69, 9.17) is 14.2 Å². The molecule has 0 unspecified atom stereocenters. The fourth-order valence-corrected chi connectivity index (χ4v) is 3.58. The number of hydrazone groups is 1. The van der Waals surface area contributed by atoms with E-state index in [0.29, 0.717) is 26.3 Å². The lowest BCUT2D eigenvalue weighted by Crippen LogP contribution is -2.24. The molecule has 0 aliphatic heterocycles. The number of nitrogens with zero attached hydrogens (tertiary/aromatic N) is 1. The van der Waals surface area contributed by atoms with E-state index in [0.717, 1.165) is 11.1 Å². The maximum atomic E-state index is 12.1. The summed E-state index contributed by atoms with van der Waals surface area (Å²) in [4.78, 5) is 35.7. The Labute approximate surface area is 206 Å². The second kappa shape index (κ2) is 12.8. The van der Waals surface area contributed by atoms with E-state index < -0.39 is 17.8 Å². The maximum Gasteiger partial charge on any atom is 0.344 e. The first kappa shape index (κ1) is 26.1. The van der Waals surface area contributed by atoms with Gasteiger partial charge in [-0.25, -0.2) is 10.2 Å². The summed E-state index contributed by atoms with van der Waals surface area (Å²) in [6.45, 7) is 5.59. The number of benzene rings is 2. The molecule has 0 saturated carbocycles. The van der Waals surface area contributed by atoms with E-state index in [2.05, 4.69) is 15.8 Å². The first-order valence-electron chi connectivity index (χ1n) is 10.1. The number of esters is 1. The molecule has 33 heavy (non-hydrogen) atoms. The normalized spacial score (nSPS) is 10.6. The number of anilines is 1. The highest BCUT2D eigenvalue weighted by atomic mass is 127.